The summed E-state index contributed by atoms with van der Waals surface area (Å²) in [5, 5.41) is 4.98. The molecule has 4 nitrogen and oxygen atoms in total. The number of Topliss-reactive ketones (excluding diaryl/α,β-unsaturated/α-hetero) is 1. The molecule has 2 aromatic carbocycles. The molecule has 0 radical (unpaired) electrons. The molecule has 0 unspecified atom stereocenters. The lowest BCUT2D eigenvalue weighted by Crippen LogP contribution is -2.24. The molecule has 0 saturated carbocycles. The maximum Gasteiger partial charge on any atom is 0.573 e. The Balaban J connectivity index is 1.51. The van der Waals surface area contributed by atoms with Crippen molar-refractivity contribution in [2.24, 2.45) is 0 Å². The zero-order chi connectivity index (χ0) is 19.3. The summed E-state index contributed by atoms with van der Waals surface area (Å²) in [4.78, 5) is 16.2. The van der Waals surface area contributed by atoms with Gasteiger partial charge < -0.3 is 10.1 Å². The molecular weight excluding hydrogens is 357 g/mol. The van der Waals surface area contributed by atoms with Crippen LogP contribution in [-0.2, 0) is 17.8 Å². The second kappa shape index (κ2) is 8.18. The zero-order valence-electron chi connectivity index (χ0n) is 14.3. The first-order chi connectivity index (χ1) is 12.9. The number of ketones is 1. The van der Waals surface area contributed by atoms with Crippen LogP contribution in [-0.4, -0.2) is 23.7 Å². The highest BCUT2D eigenvalue weighted by atomic mass is 19.4. The normalized spacial score (nSPS) is 11.5. The van der Waals surface area contributed by atoms with Crippen molar-refractivity contribution in [2.75, 3.05) is 6.54 Å². The van der Waals surface area contributed by atoms with Crippen LogP contribution in [0.2, 0.25) is 0 Å². The van der Waals surface area contributed by atoms with Crippen LogP contribution < -0.4 is 10.1 Å². The Bertz CT molecular complexity index is 942. The Kier molecular flexibility index (Phi) is 5.71. The molecule has 7 heteroatoms. The number of rotatable bonds is 7. The number of fused-ring (bicyclic) bond motifs is 1. The standard InChI is InChI=1S/C20H17F3N2O2/c21-20(22,23)27-19-3-1-2-15(10-19)11-25-13-18(26)9-14-4-5-17-12-24-7-6-16(17)8-14/h1-8,10,12,25H,9,11,13H2. The van der Waals surface area contributed by atoms with Gasteiger partial charge in [-0.1, -0.05) is 30.3 Å². The Hall–Kier alpha value is -2.93. The number of alkyl halides is 3. The highest BCUT2D eigenvalue weighted by Gasteiger charge is 2.31. The van der Waals surface area contributed by atoms with Gasteiger partial charge in [-0.05, 0) is 34.7 Å². The minimum absolute atomic E-state index is 0.00824. The van der Waals surface area contributed by atoms with E-state index in [0.29, 0.717) is 5.56 Å². The van der Waals surface area contributed by atoms with Gasteiger partial charge in [-0.3, -0.25) is 9.78 Å². The predicted molar refractivity (Wildman–Crippen MR) is 95.3 cm³/mol. The second-order valence-electron chi connectivity index (χ2n) is 6.07. The fraction of sp³-hybridized carbons (Fsp3) is 0.200. The molecule has 0 bridgehead atoms. The monoisotopic (exact) mass is 374 g/mol. The molecule has 27 heavy (non-hydrogen) atoms. The largest absolute Gasteiger partial charge is 0.573 e. The van der Waals surface area contributed by atoms with Crippen LogP contribution in [0.25, 0.3) is 10.8 Å². The first-order valence-corrected chi connectivity index (χ1v) is 8.29. The molecule has 0 aliphatic heterocycles. The van der Waals surface area contributed by atoms with E-state index in [1.165, 1.54) is 18.2 Å². The summed E-state index contributed by atoms with van der Waals surface area (Å²) >= 11 is 0. The van der Waals surface area contributed by atoms with Gasteiger partial charge in [0.25, 0.3) is 0 Å². The summed E-state index contributed by atoms with van der Waals surface area (Å²) in [5.41, 5.74) is 1.50. The SMILES string of the molecule is O=C(CNCc1cccc(OC(F)(F)F)c1)Cc1ccc2cnccc2c1. The Morgan fingerprint density at radius 2 is 1.89 bits per heavy atom. The van der Waals surface area contributed by atoms with Crippen LogP contribution in [0.15, 0.2) is 60.9 Å². The van der Waals surface area contributed by atoms with Crippen LogP contribution >= 0.6 is 0 Å². The van der Waals surface area contributed by atoms with E-state index in [1.54, 1.807) is 18.5 Å². The maximum atomic E-state index is 12.2. The number of halogens is 3. The smallest absolute Gasteiger partial charge is 0.406 e. The highest BCUT2D eigenvalue weighted by molar-refractivity contribution is 5.86. The number of carbonyl (C=O) groups is 1. The lowest BCUT2D eigenvalue weighted by molar-refractivity contribution is -0.274. The Morgan fingerprint density at radius 1 is 1.04 bits per heavy atom. The van der Waals surface area contributed by atoms with Gasteiger partial charge in [-0.15, -0.1) is 13.2 Å². The third-order valence-electron chi connectivity index (χ3n) is 3.89. The number of carbonyl (C=O) groups excluding carboxylic acids is 1. The third-order valence-corrected chi connectivity index (χ3v) is 3.89. The van der Waals surface area contributed by atoms with Crippen LogP contribution in [0.5, 0.6) is 5.75 Å². The van der Waals surface area contributed by atoms with Gasteiger partial charge in [0, 0.05) is 30.7 Å². The topological polar surface area (TPSA) is 51.2 Å². The second-order valence-corrected chi connectivity index (χ2v) is 6.07. The minimum Gasteiger partial charge on any atom is -0.406 e. The van der Waals surface area contributed by atoms with Gasteiger partial charge in [0.15, 0.2) is 5.78 Å². The van der Waals surface area contributed by atoms with Crippen LogP contribution in [0, 0.1) is 0 Å². The summed E-state index contributed by atoms with van der Waals surface area (Å²) in [7, 11) is 0. The summed E-state index contributed by atoms with van der Waals surface area (Å²) in [6.07, 6.45) is -0.981. The van der Waals surface area contributed by atoms with Crippen molar-refractivity contribution in [3.63, 3.8) is 0 Å². The van der Waals surface area contributed by atoms with E-state index in [4.69, 9.17) is 0 Å². The van der Waals surface area contributed by atoms with Crippen molar-refractivity contribution in [1.29, 1.82) is 0 Å². The van der Waals surface area contributed by atoms with Gasteiger partial charge >= 0.3 is 6.36 Å². The number of aromatic nitrogens is 1. The number of nitrogens with zero attached hydrogens (tertiary/aromatic N) is 1. The molecule has 140 valence electrons. The molecule has 1 aromatic heterocycles. The molecule has 1 N–H and O–H groups in total. The van der Waals surface area contributed by atoms with Gasteiger partial charge in [0.1, 0.15) is 5.75 Å². The Morgan fingerprint density at radius 3 is 2.70 bits per heavy atom. The fourth-order valence-corrected chi connectivity index (χ4v) is 2.73. The van der Waals surface area contributed by atoms with E-state index in [-0.39, 0.29) is 31.0 Å². The molecule has 0 aliphatic carbocycles. The minimum atomic E-state index is -4.72. The molecule has 3 rings (SSSR count). The fourth-order valence-electron chi connectivity index (χ4n) is 2.73. The van der Waals surface area contributed by atoms with E-state index < -0.39 is 6.36 Å². The van der Waals surface area contributed by atoms with Crippen molar-refractivity contribution >= 4 is 16.6 Å². The maximum absolute atomic E-state index is 12.2. The number of nitrogens with one attached hydrogen (secondary N) is 1. The van der Waals surface area contributed by atoms with E-state index >= 15 is 0 Å². The van der Waals surface area contributed by atoms with Crippen molar-refractivity contribution in [3.8, 4) is 5.75 Å². The van der Waals surface area contributed by atoms with E-state index in [0.717, 1.165) is 16.3 Å². The van der Waals surface area contributed by atoms with Crippen LogP contribution in [0.4, 0.5) is 13.2 Å². The van der Waals surface area contributed by atoms with Gasteiger partial charge in [-0.2, -0.15) is 0 Å². The summed E-state index contributed by atoms with van der Waals surface area (Å²) in [5.74, 6) is -0.287. The highest BCUT2D eigenvalue weighted by Crippen LogP contribution is 2.23. The third kappa shape index (κ3) is 5.79. The summed E-state index contributed by atoms with van der Waals surface area (Å²) < 4.78 is 40.6. The molecule has 0 saturated heterocycles. The van der Waals surface area contributed by atoms with Crippen molar-refractivity contribution in [3.05, 3.63) is 72.1 Å². The number of hydrogen-bond donors (Lipinski definition) is 1. The van der Waals surface area contributed by atoms with Gasteiger partial charge in [0.2, 0.25) is 0 Å². The zero-order valence-corrected chi connectivity index (χ0v) is 14.3. The summed E-state index contributed by atoms with van der Waals surface area (Å²) in [6, 6.07) is 13.3. The average Bonchev–Trinajstić information content (AvgIpc) is 2.60. The molecule has 0 amide bonds. The average molecular weight is 374 g/mol. The lowest BCUT2D eigenvalue weighted by atomic mass is 10.0. The first kappa shape index (κ1) is 18.8. The van der Waals surface area contributed by atoms with E-state index in [9.17, 15) is 18.0 Å². The molecule has 3 aromatic rings. The molecule has 0 spiro atoms. The molecule has 1 heterocycles. The van der Waals surface area contributed by atoms with Crippen molar-refractivity contribution in [2.45, 2.75) is 19.3 Å². The lowest BCUT2D eigenvalue weighted by Gasteiger charge is -2.10. The Labute approximate surface area is 154 Å². The van der Waals surface area contributed by atoms with Crippen molar-refractivity contribution < 1.29 is 22.7 Å². The number of ether oxygens (including phenoxy) is 1. The van der Waals surface area contributed by atoms with Gasteiger partial charge in [0.05, 0.1) is 6.54 Å². The quantitative estimate of drug-likeness (QED) is 0.678. The summed E-state index contributed by atoms with van der Waals surface area (Å²) in [6.45, 7) is 0.392. The first-order valence-electron chi connectivity index (χ1n) is 8.29. The van der Waals surface area contributed by atoms with E-state index in [1.807, 2.05) is 24.3 Å². The molecule has 0 aliphatic rings. The van der Waals surface area contributed by atoms with E-state index in [2.05, 4.69) is 15.0 Å². The molecular formula is C20H17F3N2O2. The number of pyridine rings is 1. The van der Waals surface area contributed by atoms with Crippen LogP contribution in [0.3, 0.4) is 0 Å². The predicted octanol–water partition coefficient (Wildman–Crippen LogP) is 4.03. The van der Waals surface area contributed by atoms with Crippen molar-refractivity contribution in [1.82, 2.24) is 10.3 Å². The molecule has 0 fully saturated rings. The molecule has 0 atom stereocenters. The number of hydrogen-bond acceptors (Lipinski definition) is 4. The van der Waals surface area contributed by atoms with Crippen LogP contribution in [0.1, 0.15) is 11.1 Å². The van der Waals surface area contributed by atoms with Gasteiger partial charge in [-0.25, -0.2) is 0 Å². The number of benzene rings is 2.